The van der Waals surface area contributed by atoms with Crippen LogP contribution in [0.4, 0.5) is 9.39 Å². The summed E-state index contributed by atoms with van der Waals surface area (Å²) in [6, 6.07) is 13.3. The predicted octanol–water partition coefficient (Wildman–Crippen LogP) is 6.85. The lowest BCUT2D eigenvalue weighted by Gasteiger charge is -2.08. The molecule has 0 aliphatic rings. The summed E-state index contributed by atoms with van der Waals surface area (Å²) in [7, 11) is 0. The van der Waals surface area contributed by atoms with Gasteiger partial charge in [0.05, 0.1) is 11.6 Å². The van der Waals surface area contributed by atoms with E-state index in [4.69, 9.17) is 16.3 Å². The van der Waals surface area contributed by atoms with Crippen molar-refractivity contribution in [1.82, 2.24) is 0 Å². The number of hydrogen-bond acceptors (Lipinski definition) is 5. The fourth-order valence-electron chi connectivity index (χ4n) is 3.02. The fourth-order valence-corrected chi connectivity index (χ4v) is 5.38. The highest BCUT2D eigenvalue weighted by Crippen LogP contribution is 2.39. The Hall–Kier alpha value is -2.74. The van der Waals surface area contributed by atoms with Gasteiger partial charge in [0.1, 0.15) is 21.3 Å². The molecule has 30 heavy (non-hydrogen) atoms. The van der Waals surface area contributed by atoms with Crippen LogP contribution >= 0.6 is 34.3 Å². The van der Waals surface area contributed by atoms with Crippen LogP contribution < -0.4 is 5.32 Å². The molecule has 4 aromatic rings. The molecular formula is C22H15ClFNO3S2. The van der Waals surface area contributed by atoms with Crippen molar-refractivity contribution in [2.75, 3.05) is 11.9 Å². The first-order chi connectivity index (χ1) is 14.5. The van der Waals surface area contributed by atoms with Gasteiger partial charge in [-0.05, 0) is 30.7 Å². The quantitative estimate of drug-likeness (QED) is 0.332. The molecule has 0 aliphatic heterocycles. The second-order valence-corrected chi connectivity index (χ2v) is 8.59. The highest BCUT2D eigenvalue weighted by Gasteiger charge is 2.25. The number of esters is 1. The Labute approximate surface area is 184 Å². The van der Waals surface area contributed by atoms with Crippen molar-refractivity contribution in [2.45, 2.75) is 6.92 Å². The minimum absolute atomic E-state index is 0.188. The van der Waals surface area contributed by atoms with Crippen LogP contribution in [-0.2, 0) is 4.74 Å². The number of benzene rings is 2. The molecule has 0 saturated heterocycles. The monoisotopic (exact) mass is 459 g/mol. The third-order valence-electron chi connectivity index (χ3n) is 4.39. The molecule has 0 atom stereocenters. The van der Waals surface area contributed by atoms with Gasteiger partial charge in [0.25, 0.3) is 5.91 Å². The Balaban J connectivity index is 1.72. The third kappa shape index (κ3) is 3.84. The molecular weight excluding hydrogens is 445 g/mol. The third-order valence-corrected chi connectivity index (χ3v) is 6.96. The topological polar surface area (TPSA) is 55.4 Å². The predicted molar refractivity (Wildman–Crippen MR) is 120 cm³/mol. The van der Waals surface area contributed by atoms with Gasteiger partial charge in [0.15, 0.2) is 0 Å². The molecule has 0 bridgehead atoms. The molecule has 0 fully saturated rings. The summed E-state index contributed by atoms with van der Waals surface area (Å²) in [4.78, 5) is 26.0. The summed E-state index contributed by atoms with van der Waals surface area (Å²) in [6.45, 7) is 1.89. The van der Waals surface area contributed by atoms with Crippen LogP contribution in [0.15, 0.2) is 53.9 Å². The van der Waals surface area contributed by atoms with Crippen molar-refractivity contribution in [3.05, 3.63) is 75.2 Å². The molecule has 0 radical (unpaired) electrons. The number of carbonyl (C=O) groups excluding carboxylic acids is 2. The zero-order chi connectivity index (χ0) is 21.3. The van der Waals surface area contributed by atoms with E-state index < -0.39 is 11.9 Å². The van der Waals surface area contributed by atoms with E-state index in [1.807, 2.05) is 24.3 Å². The average molecular weight is 460 g/mol. The van der Waals surface area contributed by atoms with Crippen LogP contribution in [0.2, 0.25) is 5.02 Å². The van der Waals surface area contributed by atoms with E-state index in [1.165, 1.54) is 34.8 Å². The molecule has 2 aromatic heterocycles. The first-order valence-corrected chi connectivity index (χ1v) is 11.1. The first kappa shape index (κ1) is 20.5. The fraction of sp³-hybridized carbons (Fsp3) is 0.0909. The van der Waals surface area contributed by atoms with Gasteiger partial charge in [-0.3, -0.25) is 4.79 Å². The standard InChI is InChI=1S/C22H15ClFNO3S2/c1-2-28-22(27)17-15(12-7-9-13(24)10-8-12)11-29-21(17)25-20(26)19-18(23)14-5-3-4-6-16(14)30-19/h3-11H,2H2,1H3,(H,25,26). The molecule has 0 unspecified atom stereocenters. The number of amides is 1. The number of carbonyl (C=O) groups is 2. The second kappa shape index (κ2) is 8.55. The smallest absolute Gasteiger partial charge is 0.341 e. The number of halogens is 2. The van der Waals surface area contributed by atoms with E-state index >= 15 is 0 Å². The van der Waals surface area contributed by atoms with Gasteiger partial charge in [0, 0.05) is 21.0 Å². The van der Waals surface area contributed by atoms with E-state index in [1.54, 1.807) is 24.4 Å². The van der Waals surface area contributed by atoms with Crippen LogP contribution in [0.5, 0.6) is 0 Å². The normalized spacial score (nSPS) is 10.9. The van der Waals surface area contributed by atoms with Crippen LogP contribution in [-0.4, -0.2) is 18.5 Å². The molecule has 4 nitrogen and oxygen atoms in total. The first-order valence-electron chi connectivity index (χ1n) is 9.02. The van der Waals surface area contributed by atoms with Crippen molar-refractivity contribution in [3.8, 4) is 11.1 Å². The highest BCUT2D eigenvalue weighted by atomic mass is 35.5. The zero-order valence-corrected chi connectivity index (χ0v) is 18.1. The van der Waals surface area contributed by atoms with Crippen LogP contribution in [0.25, 0.3) is 21.2 Å². The molecule has 8 heteroatoms. The molecule has 2 heterocycles. The van der Waals surface area contributed by atoms with Gasteiger partial charge in [-0.25, -0.2) is 9.18 Å². The minimum Gasteiger partial charge on any atom is -0.462 e. The molecule has 0 aliphatic carbocycles. The second-order valence-electron chi connectivity index (χ2n) is 6.28. The number of anilines is 1. The van der Waals surface area contributed by atoms with Crippen molar-refractivity contribution < 1.29 is 18.7 Å². The van der Waals surface area contributed by atoms with Crippen molar-refractivity contribution in [1.29, 1.82) is 0 Å². The lowest BCUT2D eigenvalue weighted by atomic mass is 10.0. The van der Waals surface area contributed by atoms with E-state index in [0.29, 0.717) is 26.0 Å². The largest absolute Gasteiger partial charge is 0.462 e. The summed E-state index contributed by atoms with van der Waals surface area (Å²) in [5, 5.41) is 6.07. The summed E-state index contributed by atoms with van der Waals surface area (Å²) in [6.07, 6.45) is 0. The zero-order valence-electron chi connectivity index (χ0n) is 15.7. The van der Waals surface area contributed by atoms with Gasteiger partial charge in [-0.2, -0.15) is 0 Å². The van der Waals surface area contributed by atoms with E-state index in [2.05, 4.69) is 5.32 Å². The van der Waals surface area contributed by atoms with Gasteiger partial charge in [-0.1, -0.05) is 41.9 Å². The number of rotatable bonds is 5. The number of ether oxygens (including phenoxy) is 1. The summed E-state index contributed by atoms with van der Waals surface area (Å²) in [5.41, 5.74) is 1.45. The molecule has 0 spiro atoms. The summed E-state index contributed by atoms with van der Waals surface area (Å²) >= 11 is 8.90. The number of fused-ring (bicyclic) bond motifs is 1. The summed E-state index contributed by atoms with van der Waals surface area (Å²) in [5.74, 6) is -1.34. The molecule has 1 N–H and O–H groups in total. The Morgan fingerprint density at radius 2 is 1.87 bits per heavy atom. The molecule has 152 valence electrons. The van der Waals surface area contributed by atoms with Gasteiger partial charge in [-0.15, -0.1) is 22.7 Å². The Bertz CT molecular complexity index is 1250. The lowest BCUT2D eigenvalue weighted by Crippen LogP contribution is -2.14. The van der Waals surface area contributed by atoms with Crippen LogP contribution in [0.1, 0.15) is 27.0 Å². The molecule has 0 saturated carbocycles. The maximum absolute atomic E-state index is 13.3. The van der Waals surface area contributed by atoms with E-state index in [0.717, 1.165) is 10.1 Å². The van der Waals surface area contributed by atoms with Crippen molar-refractivity contribution in [3.63, 3.8) is 0 Å². The van der Waals surface area contributed by atoms with Gasteiger partial charge < -0.3 is 10.1 Å². The lowest BCUT2D eigenvalue weighted by molar-refractivity contribution is 0.0529. The Morgan fingerprint density at radius 3 is 2.57 bits per heavy atom. The number of hydrogen-bond donors (Lipinski definition) is 1. The van der Waals surface area contributed by atoms with Crippen molar-refractivity contribution >= 4 is 61.2 Å². The maximum atomic E-state index is 13.3. The van der Waals surface area contributed by atoms with Gasteiger partial charge >= 0.3 is 5.97 Å². The average Bonchev–Trinajstić information content (AvgIpc) is 3.30. The molecule has 4 rings (SSSR count). The Kier molecular flexibility index (Phi) is 5.85. The summed E-state index contributed by atoms with van der Waals surface area (Å²) < 4.78 is 19.4. The van der Waals surface area contributed by atoms with Crippen LogP contribution in [0, 0.1) is 5.82 Å². The van der Waals surface area contributed by atoms with Crippen molar-refractivity contribution in [2.24, 2.45) is 0 Å². The van der Waals surface area contributed by atoms with Crippen LogP contribution in [0.3, 0.4) is 0 Å². The minimum atomic E-state index is -0.559. The SMILES string of the molecule is CCOC(=O)c1c(-c2ccc(F)cc2)csc1NC(=O)c1sc2ccccc2c1Cl. The number of nitrogens with one attached hydrogen (secondary N) is 1. The highest BCUT2D eigenvalue weighted by molar-refractivity contribution is 7.22. The van der Waals surface area contributed by atoms with E-state index in [9.17, 15) is 14.0 Å². The molecule has 1 amide bonds. The maximum Gasteiger partial charge on any atom is 0.341 e. The van der Waals surface area contributed by atoms with E-state index in [-0.39, 0.29) is 18.0 Å². The number of thiophene rings is 2. The molecule has 2 aromatic carbocycles. The Morgan fingerprint density at radius 1 is 1.13 bits per heavy atom. The van der Waals surface area contributed by atoms with Gasteiger partial charge in [0.2, 0.25) is 0 Å².